The van der Waals surface area contributed by atoms with Gasteiger partial charge in [0.2, 0.25) is 0 Å². The lowest BCUT2D eigenvalue weighted by molar-refractivity contribution is 0.835. The molecule has 0 saturated carbocycles. The van der Waals surface area contributed by atoms with Crippen LogP contribution in [-0.2, 0) is 0 Å². The van der Waals surface area contributed by atoms with E-state index < -0.39 is 0 Å². The summed E-state index contributed by atoms with van der Waals surface area (Å²) in [5.74, 6) is 0. The average Bonchev–Trinajstić information content (AvgIpc) is 2.57. The van der Waals surface area contributed by atoms with Crippen molar-refractivity contribution in [3.05, 3.63) is 50.3 Å². The lowest BCUT2D eigenvalue weighted by Gasteiger charge is -2.00. The molecule has 1 aromatic heterocycles. The van der Waals surface area contributed by atoms with Crippen molar-refractivity contribution in [3.8, 4) is 11.8 Å². The second-order valence-corrected chi connectivity index (χ2v) is 4.14. The Morgan fingerprint density at radius 1 is 1.38 bits per heavy atom. The summed E-state index contributed by atoms with van der Waals surface area (Å²) in [4.78, 5) is 11.8. The molecule has 0 radical (unpaired) electrons. The fourth-order valence-corrected chi connectivity index (χ4v) is 1.66. The molecule has 2 aromatic rings. The summed E-state index contributed by atoms with van der Waals surface area (Å²) in [6.45, 7) is 1.81. The van der Waals surface area contributed by atoms with Crippen LogP contribution in [0.25, 0.3) is 5.69 Å². The molecule has 5 heteroatoms. The van der Waals surface area contributed by atoms with Gasteiger partial charge in [0.05, 0.1) is 17.3 Å². The van der Waals surface area contributed by atoms with Gasteiger partial charge in [-0.15, -0.1) is 0 Å². The topological polar surface area (TPSA) is 61.6 Å². The van der Waals surface area contributed by atoms with Gasteiger partial charge in [-0.05, 0) is 47.1 Å². The number of benzene rings is 1. The van der Waals surface area contributed by atoms with Crippen LogP contribution in [0.3, 0.4) is 0 Å². The highest BCUT2D eigenvalue weighted by Crippen LogP contribution is 2.12. The summed E-state index contributed by atoms with van der Waals surface area (Å²) in [6, 6.07) is 8.82. The van der Waals surface area contributed by atoms with Gasteiger partial charge in [0.1, 0.15) is 4.47 Å². The van der Waals surface area contributed by atoms with E-state index in [-0.39, 0.29) is 5.56 Å². The van der Waals surface area contributed by atoms with Gasteiger partial charge in [0.25, 0.3) is 5.56 Å². The van der Waals surface area contributed by atoms with Gasteiger partial charge in [-0.3, -0.25) is 9.89 Å². The molecule has 0 fully saturated rings. The van der Waals surface area contributed by atoms with Crippen LogP contribution in [-0.4, -0.2) is 9.78 Å². The highest BCUT2D eigenvalue weighted by atomic mass is 79.9. The van der Waals surface area contributed by atoms with Crippen molar-refractivity contribution in [2.75, 3.05) is 0 Å². The molecule has 1 heterocycles. The van der Waals surface area contributed by atoms with Crippen LogP contribution >= 0.6 is 15.9 Å². The van der Waals surface area contributed by atoms with Crippen LogP contribution in [0.1, 0.15) is 11.3 Å². The molecule has 0 saturated heterocycles. The normalized spacial score (nSPS) is 10.1. The number of aromatic nitrogens is 2. The van der Waals surface area contributed by atoms with E-state index in [9.17, 15) is 4.79 Å². The molecule has 80 valence electrons. The van der Waals surface area contributed by atoms with E-state index >= 15 is 0 Å². The number of hydrogen-bond donors (Lipinski definition) is 1. The molecule has 1 aromatic carbocycles. The number of aromatic amines is 1. The molecule has 0 amide bonds. The van der Waals surface area contributed by atoms with Gasteiger partial charge in [0.15, 0.2) is 0 Å². The highest BCUT2D eigenvalue weighted by molar-refractivity contribution is 9.10. The predicted molar refractivity (Wildman–Crippen MR) is 63.5 cm³/mol. The standard InChI is InChI=1S/C11H8BrN3O/c1-7-10(12)11(16)15(14-7)9-4-2-8(6-13)3-5-9/h2-5,14H,1H3. The van der Waals surface area contributed by atoms with Crippen molar-refractivity contribution in [3.63, 3.8) is 0 Å². The Labute approximate surface area is 100 Å². The maximum Gasteiger partial charge on any atom is 0.285 e. The number of nitriles is 1. The first-order chi connectivity index (χ1) is 7.63. The Bertz CT molecular complexity index is 616. The van der Waals surface area contributed by atoms with Crippen LogP contribution in [0.2, 0.25) is 0 Å². The maximum absolute atomic E-state index is 11.8. The Kier molecular flexibility index (Phi) is 2.67. The third-order valence-corrected chi connectivity index (χ3v) is 3.19. The van der Waals surface area contributed by atoms with Crippen LogP contribution < -0.4 is 5.56 Å². The summed E-state index contributed by atoms with van der Waals surface area (Å²) in [6.07, 6.45) is 0. The van der Waals surface area contributed by atoms with Crippen molar-refractivity contribution in [2.24, 2.45) is 0 Å². The van der Waals surface area contributed by atoms with Crippen molar-refractivity contribution >= 4 is 15.9 Å². The van der Waals surface area contributed by atoms with Crippen molar-refractivity contribution in [1.82, 2.24) is 9.78 Å². The van der Waals surface area contributed by atoms with Crippen molar-refractivity contribution < 1.29 is 0 Å². The largest absolute Gasteiger partial charge is 0.294 e. The van der Waals surface area contributed by atoms with Gasteiger partial charge in [-0.1, -0.05) is 0 Å². The second kappa shape index (κ2) is 3.99. The quantitative estimate of drug-likeness (QED) is 0.868. The Hall–Kier alpha value is -1.80. The Morgan fingerprint density at radius 3 is 2.44 bits per heavy atom. The highest BCUT2D eigenvalue weighted by Gasteiger charge is 2.08. The number of rotatable bonds is 1. The fraction of sp³-hybridized carbons (Fsp3) is 0.0909. The molecule has 0 bridgehead atoms. The molecule has 2 rings (SSSR count). The monoisotopic (exact) mass is 277 g/mol. The van der Waals surface area contributed by atoms with Crippen molar-refractivity contribution in [2.45, 2.75) is 6.92 Å². The van der Waals surface area contributed by atoms with Crippen LogP contribution in [0.15, 0.2) is 33.5 Å². The first kappa shape index (κ1) is 10.7. The van der Waals surface area contributed by atoms with E-state index in [0.717, 1.165) is 5.69 Å². The smallest absolute Gasteiger partial charge is 0.285 e. The van der Waals surface area contributed by atoms with Gasteiger partial charge in [-0.25, -0.2) is 4.68 Å². The average molecular weight is 278 g/mol. The Balaban J connectivity index is 2.56. The lowest BCUT2D eigenvalue weighted by atomic mass is 10.2. The van der Waals surface area contributed by atoms with Gasteiger partial charge >= 0.3 is 0 Å². The van der Waals surface area contributed by atoms with Gasteiger partial charge in [-0.2, -0.15) is 5.26 Å². The number of nitrogens with zero attached hydrogens (tertiary/aromatic N) is 2. The summed E-state index contributed by atoms with van der Waals surface area (Å²) < 4.78 is 1.96. The van der Waals surface area contributed by atoms with Gasteiger partial charge in [0, 0.05) is 5.69 Å². The molecular weight excluding hydrogens is 270 g/mol. The molecule has 0 unspecified atom stereocenters. The molecule has 16 heavy (non-hydrogen) atoms. The zero-order valence-electron chi connectivity index (χ0n) is 8.49. The number of hydrogen-bond acceptors (Lipinski definition) is 2. The number of nitrogens with one attached hydrogen (secondary N) is 1. The van der Waals surface area contributed by atoms with Crippen LogP contribution in [0.5, 0.6) is 0 Å². The van der Waals surface area contributed by atoms with E-state index in [0.29, 0.717) is 15.7 Å². The van der Waals surface area contributed by atoms with Crippen LogP contribution in [0.4, 0.5) is 0 Å². The minimum Gasteiger partial charge on any atom is -0.294 e. The molecule has 0 aliphatic carbocycles. The number of aryl methyl sites for hydroxylation is 1. The SMILES string of the molecule is Cc1[nH]n(-c2ccc(C#N)cc2)c(=O)c1Br. The third-order valence-electron chi connectivity index (χ3n) is 2.25. The molecule has 0 atom stereocenters. The molecule has 1 N–H and O–H groups in total. The summed E-state index contributed by atoms with van der Waals surface area (Å²) >= 11 is 3.21. The van der Waals surface area contributed by atoms with Gasteiger partial charge < -0.3 is 0 Å². The Morgan fingerprint density at radius 2 is 2.00 bits per heavy atom. The predicted octanol–water partition coefficient (Wildman–Crippen LogP) is 2.11. The van der Waals surface area contributed by atoms with E-state index in [1.165, 1.54) is 4.68 Å². The lowest BCUT2D eigenvalue weighted by Crippen LogP contribution is -2.14. The minimum absolute atomic E-state index is 0.137. The van der Waals surface area contributed by atoms with E-state index in [2.05, 4.69) is 21.0 Å². The maximum atomic E-state index is 11.8. The van der Waals surface area contributed by atoms with Crippen molar-refractivity contribution in [1.29, 1.82) is 5.26 Å². The molecule has 0 aliphatic heterocycles. The zero-order chi connectivity index (χ0) is 11.7. The molecule has 0 spiro atoms. The second-order valence-electron chi connectivity index (χ2n) is 3.35. The zero-order valence-corrected chi connectivity index (χ0v) is 10.1. The van der Waals surface area contributed by atoms with E-state index in [1.807, 2.05) is 13.0 Å². The number of halogens is 1. The fourth-order valence-electron chi connectivity index (χ4n) is 1.39. The molecular formula is C11H8BrN3O. The summed E-state index contributed by atoms with van der Waals surface area (Å²) in [5, 5.41) is 11.6. The summed E-state index contributed by atoms with van der Waals surface area (Å²) in [7, 11) is 0. The van der Waals surface area contributed by atoms with E-state index in [4.69, 9.17) is 5.26 Å². The van der Waals surface area contributed by atoms with E-state index in [1.54, 1.807) is 24.3 Å². The third kappa shape index (κ3) is 1.68. The number of H-pyrrole nitrogens is 1. The minimum atomic E-state index is -0.137. The first-order valence-electron chi connectivity index (χ1n) is 4.61. The molecule has 0 aliphatic rings. The molecule has 4 nitrogen and oxygen atoms in total. The first-order valence-corrected chi connectivity index (χ1v) is 5.40. The van der Waals surface area contributed by atoms with Crippen LogP contribution in [0, 0.1) is 18.3 Å². The summed E-state index contributed by atoms with van der Waals surface area (Å²) in [5.41, 5.74) is 1.91.